The lowest BCUT2D eigenvalue weighted by atomic mass is 9.73. The van der Waals surface area contributed by atoms with Gasteiger partial charge in [-0.1, -0.05) is 0 Å². The summed E-state index contributed by atoms with van der Waals surface area (Å²) in [6.45, 7) is 4.70. The van der Waals surface area contributed by atoms with Crippen LogP contribution in [0.2, 0.25) is 0 Å². The topological polar surface area (TPSA) is 39.1 Å². The van der Waals surface area contributed by atoms with Crippen LogP contribution >= 0.6 is 0 Å². The van der Waals surface area contributed by atoms with Crippen LogP contribution in [0.25, 0.3) is 0 Å². The van der Waals surface area contributed by atoms with Gasteiger partial charge in [0.2, 0.25) is 0 Å². The molecule has 2 aliphatic heterocycles. The lowest BCUT2D eigenvalue weighted by molar-refractivity contribution is 0.126. The van der Waals surface area contributed by atoms with Gasteiger partial charge in [-0.05, 0) is 42.5 Å². The van der Waals surface area contributed by atoms with Gasteiger partial charge in [0.25, 0.3) is 0 Å². The SMILES string of the molecule is N#Cc1ccc(N2CCC3(CC2)CNC3)cc1. The third-order valence-electron chi connectivity index (χ3n) is 4.19. The number of rotatable bonds is 1. The Morgan fingerprint density at radius 1 is 1.12 bits per heavy atom. The van der Waals surface area contributed by atoms with E-state index in [1.54, 1.807) is 0 Å². The molecule has 0 aliphatic carbocycles. The minimum atomic E-state index is 0.600. The summed E-state index contributed by atoms with van der Waals surface area (Å²) in [4.78, 5) is 2.44. The predicted molar refractivity (Wildman–Crippen MR) is 67.9 cm³/mol. The van der Waals surface area contributed by atoms with E-state index in [0.717, 1.165) is 18.7 Å². The number of nitrogens with zero attached hydrogens (tertiary/aromatic N) is 2. The molecule has 17 heavy (non-hydrogen) atoms. The van der Waals surface area contributed by atoms with Crippen LogP contribution in [-0.4, -0.2) is 26.2 Å². The highest BCUT2D eigenvalue weighted by molar-refractivity contribution is 5.50. The molecule has 88 valence electrons. The molecule has 3 rings (SSSR count). The Morgan fingerprint density at radius 2 is 1.76 bits per heavy atom. The van der Waals surface area contributed by atoms with Crippen molar-refractivity contribution >= 4 is 5.69 Å². The number of piperidine rings is 1. The first-order valence-corrected chi connectivity index (χ1v) is 6.27. The molecule has 1 N–H and O–H groups in total. The first kappa shape index (κ1) is 10.6. The zero-order valence-corrected chi connectivity index (χ0v) is 9.95. The molecule has 0 radical (unpaired) electrons. The van der Waals surface area contributed by atoms with Gasteiger partial charge in [-0.2, -0.15) is 5.26 Å². The second-order valence-electron chi connectivity index (χ2n) is 5.25. The fourth-order valence-corrected chi connectivity index (χ4v) is 2.82. The van der Waals surface area contributed by atoms with Gasteiger partial charge < -0.3 is 10.2 Å². The minimum absolute atomic E-state index is 0.600. The van der Waals surface area contributed by atoms with Gasteiger partial charge in [0, 0.05) is 31.9 Å². The van der Waals surface area contributed by atoms with E-state index >= 15 is 0 Å². The molecule has 2 fully saturated rings. The largest absolute Gasteiger partial charge is 0.371 e. The fourth-order valence-electron chi connectivity index (χ4n) is 2.82. The van der Waals surface area contributed by atoms with Gasteiger partial charge in [-0.25, -0.2) is 0 Å². The summed E-state index contributed by atoms with van der Waals surface area (Å²) in [5.74, 6) is 0. The molecule has 0 aromatic heterocycles. The normalized spacial score (nSPS) is 21.9. The van der Waals surface area contributed by atoms with Crippen molar-refractivity contribution in [2.45, 2.75) is 12.8 Å². The second-order valence-corrected chi connectivity index (χ2v) is 5.25. The fraction of sp³-hybridized carbons (Fsp3) is 0.500. The zero-order chi connectivity index (χ0) is 11.7. The van der Waals surface area contributed by atoms with Crippen LogP contribution < -0.4 is 10.2 Å². The molecule has 0 amide bonds. The van der Waals surface area contributed by atoms with Crippen LogP contribution in [0.4, 0.5) is 5.69 Å². The molecule has 2 heterocycles. The highest BCUT2D eigenvalue weighted by Crippen LogP contribution is 2.36. The van der Waals surface area contributed by atoms with Crippen molar-refractivity contribution in [3.05, 3.63) is 29.8 Å². The number of benzene rings is 1. The van der Waals surface area contributed by atoms with Crippen molar-refractivity contribution in [2.24, 2.45) is 5.41 Å². The van der Waals surface area contributed by atoms with Crippen molar-refractivity contribution in [1.82, 2.24) is 5.32 Å². The molecule has 0 saturated carbocycles. The summed E-state index contributed by atoms with van der Waals surface area (Å²) in [7, 11) is 0. The highest BCUT2D eigenvalue weighted by atomic mass is 15.1. The second kappa shape index (κ2) is 4.05. The van der Waals surface area contributed by atoms with E-state index in [0.29, 0.717) is 5.41 Å². The maximum Gasteiger partial charge on any atom is 0.0991 e. The molecule has 0 atom stereocenters. The molecule has 3 nitrogen and oxygen atoms in total. The predicted octanol–water partition coefficient (Wildman–Crippen LogP) is 1.75. The molecule has 1 spiro atoms. The van der Waals surface area contributed by atoms with Gasteiger partial charge in [0.1, 0.15) is 0 Å². The van der Waals surface area contributed by atoms with Gasteiger partial charge >= 0.3 is 0 Å². The Bertz CT molecular complexity index is 430. The van der Waals surface area contributed by atoms with Crippen molar-refractivity contribution in [2.75, 3.05) is 31.1 Å². The monoisotopic (exact) mass is 227 g/mol. The summed E-state index contributed by atoms with van der Waals surface area (Å²) in [5.41, 5.74) is 2.60. The van der Waals surface area contributed by atoms with Crippen LogP contribution in [0.1, 0.15) is 18.4 Å². The van der Waals surface area contributed by atoms with E-state index < -0.39 is 0 Å². The Hall–Kier alpha value is -1.53. The molecule has 1 aromatic rings. The van der Waals surface area contributed by atoms with E-state index in [4.69, 9.17) is 5.26 Å². The zero-order valence-electron chi connectivity index (χ0n) is 9.95. The molecule has 0 bridgehead atoms. The van der Waals surface area contributed by atoms with E-state index in [2.05, 4.69) is 28.4 Å². The number of anilines is 1. The summed E-state index contributed by atoms with van der Waals surface area (Å²) >= 11 is 0. The van der Waals surface area contributed by atoms with Crippen LogP contribution in [-0.2, 0) is 0 Å². The van der Waals surface area contributed by atoms with E-state index in [1.807, 2.05) is 12.1 Å². The van der Waals surface area contributed by atoms with Gasteiger partial charge in [0.15, 0.2) is 0 Å². The van der Waals surface area contributed by atoms with Crippen molar-refractivity contribution in [3.63, 3.8) is 0 Å². The van der Waals surface area contributed by atoms with Gasteiger partial charge in [-0.3, -0.25) is 0 Å². The van der Waals surface area contributed by atoms with Crippen LogP contribution in [0.3, 0.4) is 0 Å². The number of hydrogen-bond donors (Lipinski definition) is 1. The maximum absolute atomic E-state index is 8.78. The smallest absolute Gasteiger partial charge is 0.0991 e. The van der Waals surface area contributed by atoms with Crippen molar-refractivity contribution in [1.29, 1.82) is 5.26 Å². The highest BCUT2D eigenvalue weighted by Gasteiger charge is 2.39. The Kier molecular flexibility index (Phi) is 2.53. The van der Waals surface area contributed by atoms with Gasteiger partial charge in [-0.15, -0.1) is 0 Å². The molecular formula is C14H17N3. The number of nitrogens with one attached hydrogen (secondary N) is 1. The summed E-state index contributed by atoms with van der Waals surface area (Å²) < 4.78 is 0. The van der Waals surface area contributed by atoms with Crippen molar-refractivity contribution in [3.8, 4) is 6.07 Å². The lowest BCUT2D eigenvalue weighted by Gasteiger charge is -2.49. The summed E-state index contributed by atoms with van der Waals surface area (Å²) in [6, 6.07) is 10.1. The summed E-state index contributed by atoms with van der Waals surface area (Å²) in [6.07, 6.45) is 2.58. The van der Waals surface area contributed by atoms with Gasteiger partial charge in [0.05, 0.1) is 11.6 Å². The molecule has 1 aromatic carbocycles. The van der Waals surface area contributed by atoms with E-state index in [-0.39, 0.29) is 0 Å². The molecular weight excluding hydrogens is 210 g/mol. The molecule has 0 unspecified atom stereocenters. The third-order valence-corrected chi connectivity index (χ3v) is 4.19. The average Bonchev–Trinajstić information content (AvgIpc) is 2.37. The average molecular weight is 227 g/mol. The minimum Gasteiger partial charge on any atom is -0.371 e. The maximum atomic E-state index is 8.78. The van der Waals surface area contributed by atoms with Crippen LogP contribution in [0, 0.1) is 16.7 Å². The lowest BCUT2D eigenvalue weighted by Crippen LogP contribution is -2.58. The number of nitriles is 1. The Morgan fingerprint density at radius 3 is 2.24 bits per heavy atom. The number of hydrogen-bond acceptors (Lipinski definition) is 3. The first-order valence-electron chi connectivity index (χ1n) is 6.27. The van der Waals surface area contributed by atoms with E-state index in [9.17, 15) is 0 Å². The third kappa shape index (κ3) is 1.89. The standard InChI is InChI=1S/C14H17N3/c15-9-12-1-3-13(4-2-12)17-7-5-14(6-8-17)10-16-11-14/h1-4,16H,5-8,10-11H2. The Labute approximate surface area is 102 Å². The molecule has 3 heteroatoms. The van der Waals surface area contributed by atoms with Crippen molar-refractivity contribution < 1.29 is 0 Å². The summed E-state index contributed by atoms with van der Waals surface area (Å²) in [5, 5.41) is 12.2. The Balaban J connectivity index is 1.67. The quantitative estimate of drug-likeness (QED) is 0.794. The van der Waals surface area contributed by atoms with Crippen LogP contribution in [0.15, 0.2) is 24.3 Å². The van der Waals surface area contributed by atoms with E-state index in [1.165, 1.54) is 31.6 Å². The molecule has 2 aliphatic rings. The first-order chi connectivity index (χ1) is 8.31. The molecule has 2 saturated heterocycles. The van der Waals surface area contributed by atoms with Crippen LogP contribution in [0.5, 0.6) is 0 Å².